The molecule has 144 valence electrons. The first-order valence-electron chi connectivity index (χ1n) is 8.23. The molecule has 0 saturated carbocycles. The van der Waals surface area contributed by atoms with Crippen molar-refractivity contribution in [2.45, 2.75) is 43.4 Å². The molecule has 1 aliphatic rings. The summed E-state index contributed by atoms with van der Waals surface area (Å²) >= 11 is 2.79. The zero-order valence-electron chi connectivity index (χ0n) is 14.5. The van der Waals surface area contributed by atoms with Gasteiger partial charge in [-0.1, -0.05) is 25.6 Å². The molecule has 0 N–H and O–H groups in total. The lowest BCUT2D eigenvalue weighted by Crippen LogP contribution is -2.38. The Kier molecular flexibility index (Phi) is 6.08. The van der Waals surface area contributed by atoms with Crippen LogP contribution in [0.4, 0.5) is 19.1 Å². The number of thiazole rings is 1. The third-order valence-electron chi connectivity index (χ3n) is 3.74. The summed E-state index contributed by atoms with van der Waals surface area (Å²) < 4.78 is 45.6. The summed E-state index contributed by atoms with van der Waals surface area (Å²) in [6, 6.07) is 0. The molecule has 1 saturated heterocycles. The van der Waals surface area contributed by atoms with E-state index in [2.05, 4.69) is 29.0 Å². The number of halogens is 3. The van der Waals surface area contributed by atoms with E-state index in [-0.39, 0.29) is 11.1 Å². The smallest absolute Gasteiger partial charge is 0.378 e. The highest BCUT2D eigenvalue weighted by Gasteiger charge is 2.32. The maximum atomic E-state index is 13.1. The molecule has 0 spiro atoms. The van der Waals surface area contributed by atoms with Gasteiger partial charge in [-0.3, -0.25) is 4.57 Å². The third kappa shape index (κ3) is 4.89. The average molecular weight is 407 g/mol. The van der Waals surface area contributed by atoms with Gasteiger partial charge in [-0.2, -0.15) is 13.2 Å². The maximum absolute atomic E-state index is 13.1. The third-order valence-corrected chi connectivity index (χ3v) is 5.94. The molecule has 2 aromatic rings. The second-order valence-electron chi connectivity index (χ2n) is 6.20. The summed E-state index contributed by atoms with van der Waals surface area (Å²) in [7, 11) is 0. The maximum Gasteiger partial charge on any atom is 0.406 e. The van der Waals surface area contributed by atoms with Crippen LogP contribution in [0.25, 0.3) is 0 Å². The number of alkyl halides is 3. The van der Waals surface area contributed by atoms with E-state index in [4.69, 9.17) is 4.74 Å². The summed E-state index contributed by atoms with van der Waals surface area (Å²) in [5, 5.41) is 11.2. The van der Waals surface area contributed by atoms with Gasteiger partial charge < -0.3 is 9.64 Å². The summed E-state index contributed by atoms with van der Waals surface area (Å²) in [4.78, 5) is 6.30. The second-order valence-corrected chi connectivity index (χ2v) is 8.04. The summed E-state index contributed by atoms with van der Waals surface area (Å²) in [5.74, 6) is 1.04. The standard InChI is InChI=1S/C15H20F3N5OS2/c1-10(2)12-19-11(7-25-12)8-26-14-21-20-13(22-3-5-24-6-4-22)23(14)9-15(16,17)18/h7,10H,3-6,8-9H2,1-2H3. The van der Waals surface area contributed by atoms with Gasteiger partial charge in [0.15, 0.2) is 5.16 Å². The molecule has 0 unspecified atom stereocenters. The van der Waals surface area contributed by atoms with Crippen LogP contribution in [-0.4, -0.2) is 52.2 Å². The molecule has 1 aliphatic heterocycles. The number of rotatable bonds is 6. The lowest BCUT2D eigenvalue weighted by molar-refractivity contribution is -0.141. The number of morpholine rings is 1. The van der Waals surface area contributed by atoms with Gasteiger partial charge in [0.05, 0.1) is 23.9 Å². The minimum absolute atomic E-state index is 0.245. The van der Waals surface area contributed by atoms with Crippen LogP contribution in [0.1, 0.15) is 30.5 Å². The quantitative estimate of drug-likeness (QED) is 0.683. The van der Waals surface area contributed by atoms with Crippen molar-refractivity contribution in [3.8, 4) is 0 Å². The minimum atomic E-state index is -4.34. The Hall–Kier alpha value is -1.33. The van der Waals surface area contributed by atoms with E-state index < -0.39 is 12.7 Å². The first kappa shape index (κ1) is 19.4. The zero-order valence-corrected chi connectivity index (χ0v) is 16.1. The molecule has 0 aliphatic carbocycles. The van der Waals surface area contributed by atoms with Crippen LogP contribution >= 0.6 is 23.1 Å². The Bertz CT molecular complexity index is 725. The predicted octanol–water partition coefficient (Wildman–Crippen LogP) is 3.55. The lowest BCUT2D eigenvalue weighted by Gasteiger charge is -2.28. The largest absolute Gasteiger partial charge is 0.406 e. The van der Waals surface area contributed by atoms with E-state index in [0.29, 0.717) is 38.0 Å². The van der Waals surface area contributed by atoms with Gasteiger partial charge in [0.1, 0.15) is 6.54 Å². The molecule has 26 heavy (non-hydrogen) atoms. The number of thioether (sulfide) groups is 1. The van der Waals surface area contributed by atoms with E-state index in [1.54, 1.807) is 16.2 Å². The fourth-order valence-corrected chi connectivity index (χ4v) is 4.26. The molecule has 1 fully saturated rings. The van der Waals surface area contributed by atoms with Crippen molar-refractivity contribution >= 4 is 29.0 Å². The highest BCUT2D eigenvalue weighted by molar-refractivity contribution is 7.98. The van der Waals surface area contributed by atoms with E-state index in [1.807, 2.05) is 5.38 Å². The normalized spacial score (nSPS) is 15.8. The molecule has 3 rings (SSSR count). The van der Waals surface area contributed by atoms with Gasteiger partial charge in [0.2, 0.25) is 5.95 Å². The lowest BCUT2D eigenvalue weighted by atomic mass is 10.2. The van der Waals surface area contributed by atoms with E-state index in [9.17, 15) is 13.2 Å². The van der Waals surface area contributed by atoms with Crippen molar-refractivity contribution in [3.05, 3.63) is 16.1 Å². The van der Waals surface area contributed by atoms with E-state index in [1.165, 1.54) is 11.8 Å². The van der Waals surface area contributed by atoms with Crippen molar-refractivity contribution in [1.29, 1.82) is 0 Å². The van der Waals surface area contributed by atoms with E-state index in [0.717, 1.165) is 15.3 Å². The predicted molar refractivity (Wildman–Crippen MR) is 94.9 cm³/mol. The molecule has 0 bridgehead atoms. The van der Waals surface area contributed by atoms with Crippen molar-refractivity contribution in [1.82, 2.24) is 19.7 Å². The van der Waals surface area contributed by atoms with Crippen LogP contribution in [0.5, 0.6) is 0 Å². The Morgan fingerprint density at radius 1 is 1.27 bits per heavy atom. The SMILES string of the molecule is CC(C)c1nc(CSc2nnc(N3CCOCC3)n2CC(F)(F)F)cs1. The zero-order chi connectivity index (χ0) is 18.7. The Labute approximate surface area is 157 Å². The number of hydrogen-bond donors (Lipinski definition) is 0. The van der Waals surface area contributed by atoms with Gasteiger partial charge in [-0.05, 0) is 0 Å². The molecule has 0 amide bonds. The molecule has 3 heterocycles. The van der Waals surface area contributed by atoms with Crippen LogP contribution in [0.3, 0.4) is 0 Å². The molecular formula is C15H20F3N5OS2. The highest BCUT2D eigenvalue weighted by atomic mass is 32.2. The molecule has 11 heteroatoms. The first-order chi connectivity index (χ1) is 12.3. The first-order valence-corrected chi connectivity index (χ1v) is 10.1. The van der Waals surface area contributed by atoms with Crippen LogP contribution in [0.2, 0.25) is 0 Å². The highest BCUT2D eigenvalue weighted by Crippen LogP contribution is 2.30. The average Bonchev–Trinajstić information content (AvgIpc) is 3.19. The van der Waals surface area contributed by atoms with Crippen molar-refractivity contribution in [3.63, 3.8) is 0 Å². The van der Waals surface area contributed by atoms with Gasteiger partial charge in [0, 0.05) is 30.1 Å². The van der Waals surface area contributed by atoms with Crippen LogP contribution in [0, 0.1) is 0 Å². The molecule has 0 aromatic carbocycles. The number of anilines is 1. The molecule has 0 atom stereocenters. The van der Waals surface area contributed by atoms with Crippen LogP contribution in [-0.2, 0) is 17.0 Å². The molecular weight excluding hydrogens is 387 g/mol. The van der Waals surface area contributed by atoms with Crippen molar-refractivity contribution in [2.75, 3.05) is 31.2 Å². The van der Waals surface area contributed by atoms with Crippen LogP contribution in [0.15, 0.2) is 10.5 Å². The van der Waals surface area contributed by atoms with Gasteiger partial charge >= 0.3 is 6.18 Å². The number of ether oxygens (including phenoxy) is 1. The Morgan fingerprint density at radius 3 is 2.62 bits per heavy atom. The topological polar surface area (TPSA) is 56.1 Å². The molecule has 6 nitrogen and oxygen atoms in total. The number of aromatic nitrogens is 4. The molecule has 0 radical (unpaired) electrons. The fraction of sp³-hybridized carbons (Fsp3) is 0.667. The summed E-state index contributed by atoms with van der Waals surface area (Å²) in [6.45, 7) is 4.96. The van der Waals surface area contributed by atoms with Crippen molar-refractivity contribution in [2.24, 2.45) is 0 Å². The van der Waals surface area contributed by atoms with Crippen LogP contribution < -0.4 is 4.90 Å². The van der Waals surface area contributed by atoms with Gasteiger partial charge in [-0.25, -0.2) is 4.98 Å². The van der Waals surface area contributed by atoms with Crippen molar-refractivity contribution < 1.29 is 17.9 Å². The van der Waals surface area contributed by atoms with E-state index >= 15 is 0 Å². The van der Waals surface area contributed by atoms with Gasteiger partial charge in [-0.15, -0.1) is 21.5 Å². The second kappa shape index (κ2) is 8.13. The molecule has 2 aromatic heterocycles. The van der Waals surface area contributed by atoms with Gasteiger partial charge in [0.25, 0.3) is 0 Å². The minimum Gasteiger partial charge on any atom is -0.378 e. The summed E-state index contributed by atoms with van der Waals surface area (Å²) in [5.41, 5.74) is 0.846. The number of hydrogen-bond acceptors (Lipinski definition) is 7. The Balaban J connectivity index is 1.77. The summed E-state index contributed by atoms with van der Waals surface area (Å²) in [6.07, 6.45) is -4.34. The Morgan fingerprint density at radius 2 is 2.00 bits per heavy atom. The monoisotopic (exact) mass is 407 g/mol. The number of nitrogens with zero attached hydrogens (tertiary/aromatic N) is 5. The fourth-order valence-electron chi connectivity index (χ4n) is 2.50.